The molecule has 0 aromatic heterocycles. The third-order valence-corrected chi connectivity index (χ3v) is 3.84. The molecule has 1 aliphatic heterocycles. The topological polar surface area (TPSA) is 30.3 Å². The van der Waals surface area contributed by atoms with Crippen molar-refractivity contribution in [2.45, 2.75) is 6.54 Å². The molecule has 0 saturated heterocycles. The van der Waals surface area contributed by atoms with Crippen molar-refractivity contribution in [3.8, 4) is 6.07 Å². The molecule has 20 heavy (non-hydrogen) atoms. The van der Waals surface area contributed by atoms with E-state index in [0.29, 0.717) is 0 Å². The molecule has 0 atom stereocenters. The van der Waals surface area contributed by atoms with Crippen LogP contribution in [0, 0.1) is 11.3 Å². The Kier molecular flexibility index (Phi) is 3.30. The number of nitrogens with zero attached hydrogens (tertiary/aromatic N) is 3. The molecular formula is C17H17N3. The van der Waals surface area contributed by atoms with Crippen LogP contribution in [0.3, 0.4) is 0 Å². The van der Waals surface area contributed by atoms with Gasteiger partial charge in [0.05, 0.1) is 23.0 Å². The summed E-state index contributed by atoms with van der Waals surface area (Å²) in [6.07, 6.45) is 0. The van der Waals surface area contributed by atoms with E-state index >= 15 is 0 Å². The lowest BCUT2D eigenvalue weighted by molar-refractivity contribution is 0.734. The Balaban J connectivity index is 1.93. The Bertz CT molecular complexity index is 657. The van der Waals surface area contributed by atoms with Gasteiger partial charge in [-0.15, -0.1) is 0 Å². The van der Waals surface area contributed by atoms with Gasteiger partial charge in [-0.2, -0.15) is 5.26 Å². The summed E-state index contributed by atoms with van der Waals surface area (Å²) in [5, 5.41) is 9.21. The van der Waals surface area contributed by atoms with Gasteiger partial charge in [0.2, 0.25) is 0 Å². The molecule has 0 radical (unpaired) electrons. The zero-order valence-electron chi connectivity index (χ0n) is 11.6. The fraction of sp³-hybridized carbons (Fsp3) is 0.235. The van der Waals surface area contributed by atoms with Crippen LogP contribution < -0.4 is 9.80 Å². The van der Waals surface area contributed by atoms with E-state index in [2.05, 4.69) is 47.2 Å². The number of hydrogen-bond acceptors (Lipinski definition) is 3. The molecule has 1 heterocycles. The third kappa shape index (κ3) is 2.21. The molecule has 0 spiro atoms. The average molecular weight is 263 g/mol. The maximum Gasteiger partial charge on any atom is 0.0995 e. The van der Waals surface area contributed by atoms with Crippen molar-refractivity contribution in [1.29, 1.82) is 5.26 Å². The van der Waals surface area contributed by atoms with Gasteiger partial charge < -0.3 is 9.80 Å². The van der Waals surface area contributed by atoms with Crippen molar-refractivity contribution < 1.29 is 0 Å². The van der Waals surface area contributed by atoms with Gasteiger partial charge in [0, 0.05) is 26.7 Å². The molecule has 3 nitrogen and oxygen atoms in total. The second-order valence-electron chi connectivity index (χ2n) is 5.10. The normalized spacial score (nSPS) is 13.8. The number of para-hydroxylation sites is 2. The van der Waals surface area contributed by atoms with Crippen LogP contribution >= 0.6 is 0 Å². The maximum absolute atomic E-state index is 9.21. The van der Waals surface area contributed by atoms with Gasteiger partial charge in [0.25, 0.3) is 0 Å². The van der Waals surface area contributed by atoms with Crippen molar-refractivity contribution >= 4 is 11.4 Å². The summed E-state index contributed by atoms with van der Waals surface area (Å²) in [5.41, 5.74) is 4.36. The lowest BCUT2D eigenvalue weighted by Gasteiger charge is -2.37. The molecule has 2 aromatic rings. The van der Waals surface area contributed by atoms with Crippen LogP contribution in [0.1, 0.15) is 11.1 Å². The van der Waals surface area contributed by atoms with Gasteiger partial charge in [-0.05, 0) is 23.8 Å². The number of nitriles is 1. The standard InChI is InChI=1S/C17H17N3/c1-19-10-11-20(17-9-5-4-8-16(17)19)13-15-7-3-2-6-14(15)12-18/h2-9H,10-11,13H2,1H3. The predicted molar refractivity (Wildman–Crippen MR) is 81.9 cm³/mol. The number of likely N-dealkylation sites (N-methyl/N-ethyl adjacent to an activating group) is 1. The van der Waals surface area contributed by atoms with Crippen LogP contribution in [0.2, 0.25) is 0 Å². The first-order valence-electron chi connectivity index (χ1n) is 6.82. The number of anilines is 2. The Morgan fingerprint density at radius 2 is 1.70 bits per heavy atom. The van der Waals surface area contributed by atoms with Gasteiger partial charge in [-0.25, -0.2) is 0 Å². The van der Waals surface area contributed by atoms with Crippen LogP contribution in [0.5, 0.6) is 0 Å². The van der Waals surface area contributed by atoms with E-state index in [1.54, 1.807) is 0 Å². The van der Waals surface area contributed by atoms with Crippen LogP contribution in [0.15, 0.2) is 48.5 Å². The molecule has 0 saturated carbocycles. The second-order valence-corrected chi connectivity index (χ2v) is 5.10. The first kappa shape index (κ1) is 12.6. The molecule has 1 aliphatic rings. The van der Waals surface area contributed by atoms with Crippen molar-refractivity contribution in [1.82, 2.24) is 0 Å². The first-order valence-corrected chi connectivity index (χ1v) is 6.82. The fourth-order valence-electron chi connectivity index (χ4n) is 2.70. The molecular weight excluding hydrogens is 246 g/mol. The Hall–Kier alpha value is -2.47. The van der Waals surface area contributed by atoms with Crippen molar-refractivity contribution in [2.24, 2.45) is 0 Å². The highest BCUT2D eigenvalue weighted by Gasteiger charge is 2.20. The summed E-state index contributed by atoms with van der Waals surface area (Å²) >= 11 is 0. The Morgan fingerprint density at radius 3 is 2.50 bits per heavy atom. The monoisotopic (exact) mass is 263 g/mol. The van der Waals surface area contributed by atoms with Crippen LogP contribution in [0.4, 0.5) is 11.4 Å². The molecule has 0 N–H and O–H groups in total. The van der Waals surface area contributed by atoms with Crippen molar-refractivity contribution in [3.05, 3.63) is 59.7 Å². The summed E-state index contributed by atoms with van der Waals surface area (Å²) in [5.74, 6) is 0. The molecule has 0 aliphatic carbocycles. The van der Waals surface area contributed by atoms with Gasteiger partial charge in [-0.1, -0.05) is 30.3 Å². The molecule has 100 valence electrons. The van der Waals surface area contributed by atoms with E-state index in [1.165, 1.54) is 11.4 Å². The molecule has 0 bridgehead atoms. The summed E-state index contributed by atoms with van der Waals surface area (Å²) in [7, 11) is 2.12. The highest BCUT2D eigenvalue weighted by Crippen LogP contribution is 2.32. The zero-order chi connectivity index (χ0) is 13.9. The van der Waals surface area contributed by atoms with Gasteiger partial charge in [0.15, 0.2) is 0 Å². The van der Waals surface area contributed by atoms with Crippen LogP contribution in [0.25, 0.3) is 0 Å². The molecule has 3 rings (SSSR count). The minimum absolute atomic E-state index is 0.768. The molecule has 0 fully saturated rings. The third-order valence-electron chi connectivity index (χ3n) is 3.84. The van der Waals surface area contributed by atoms with Crippen LogP contribution in [-0.4, -0.2) is 20.1 Å². The molecule has 3 heteroatoms. The zero-order valence-corrected chi connectivity index (χ0v) is 11.6. The van der Waals surface area contributed by atoms with E-state index in [0.717, 1.165) is 30.8 Å². The SMILES string of the molecule is CN1CCN(Cc2ccccc2C#N)c2ccccc21. The first-order chi connectivity index (χ1) is 9.79. The fourth-order valence-corrected chi connectivity index (χ4v) is 2.70. The summed E-state index contributed by atoms with van der Waals surface area (Å²) in [6, 6.07) is 18.6. The molecule has 0 unspecified atom stereocenters. The van der Waals surface area contributed by atoms with E-state index in [9.17, 15) is 5.26 Å². The summed E-state index contributed by atoms with van der Waals surface area (Å²) < 4.78 is 0. The predicted octanol–water partition coefficient (Wildman–Crippen LogP) is 3.01. The average Bonchev–Trinajstić information content (AvgIpc) is 2.51. The minimum atomic E-state index is 0.768. The largest absolute Gasteiger partial charge is 0.371 e. The highest BCUT2D eigenvalue weighted by atomic mass is 15.2. The van der Waals surface area contributed by atoms with Gasteiger partial charge in [-0.3, -0.25) is 0 Å². The number of fused-ring (bicyclic) bond motifs is 1. The molecule has 2 aromatic carbocycles. The van der Waals surface area contributed by atoms with Gasteiger partial charge >= 0.3 is 0 Å². The quantitative estimate of drug-likeness (QED) is 0.834. The van der Waals surface area contributed by atoms with Crippen LogP contribution in [-0.2, 0) is 6.54 Å². The van der Waals surface area contributed by atoms with E-state index in [-0.39, 0.29) is 0 Å². The summed E-state index contributed by atoms with van der Waals surface area (Å²) in [6.45, 7) is 2.77. The van der Waals surface area contributed by atoms with E-state index in [1.807, 2.05) is 24.3 Å². The number of rotatable bonds is 2. The van der Waals surface area contributed by atoms with E-state index < -0.39 is 0 Å². The smallest absolute Gasteiger partial charge is 0.0995 e. The molecule has 0 amide bonds. The minimum Gasteiger partial charge on any atom is -0.371 e. The number of benzene rings is 2. The highest BCUT2D eigenvalue weighted by molar-refractivity contribution is 5.73. The lowest BCUT2D eigenvalue weighted by atomic mass is 10.1. The van der Waals surface area contributed by atoms with Crippen molar-refractivity contribution in [2.75, 3.05) is 29.9 Å². The van der Waals surface area contributed by atoms with Gasteiger partial charge in [0.1, 0.15) is 0 Å². The van der Waals surface area contributed by atoms with Crippen molar-refractivity contribution in [3.63, 3.8) is 0 Å². The second kappa shape index (κ2) is 5.26. The summed E-state index contributed by atoms with van der Waals surface area (Å²) in [4.78, 5) is 4.63. The Morgan fingerprint density at radius 1 is 1.00 bits per heavy atom. The Labute approximate surface area is 119 Å². The number of hydrogen-bond donors (Lipinski definition) is 0. The maximum atomic E-state index is 9.21. The lowest BCUT2D eigenvalue weighted by Crippen LogP contribution is -2.38. The van der Waals surface area contributed by atoms with E-state index in [4.69, 9.17) is 0 Å².